The highest BCUT2D eigenvalue weighted by Crippen LogP contribution is 2.28. The van der Waals surface area contributed by atoms with E-state index >= 15 is 0 Å². The molecule has 3 aliphatic rings. The summed E-state index contributed by atoms with van der Waals surface area (Å²) in [6, 6.07) is 6.59. The fourth-order valence-electron chi connectivity index (χ4n) is 4.12. The molecule has 3 nitrogen and oxygen atoms in total. The van der Waals surface area contributed by atoms with Crippen molar-refractivity contribution >= 4 is 29.7 Å². The predicted molar refractivity (Wildman–Crippen MR) is 115 cm³/mol. The third-order valence-electron chi connectivity index (χ3n) is 5.65. The van der Waals surface area contributed by atoms with Gasteiger partial charge in [0.05, 0.1) is 0 Å². The Morgan fingerprint density at radius 2 is 1.50 bits per heavy atom. The van der Waals surface area contributed by atoms with Gasteiger partial charge in [-0.2, -0.15) is 0 Å². The van der Waals surface area contributed by atoms with Gasteiger partial charge < -0.3 is 9.80 Å². The molecular formula is C22H30N3S+. The monoisotopic (exact) mass is 368 g/mol. The first-order chi connectivity index (χ1) is 12.8. The summed E-state index contributed by atoms with van der Waals surface area (Å²) in [5.41, 5.74) is 4.85. The van der Waals surface area contributed by atoms with Crippen LogP contribution in [-0.2, 0) is 12.6 Å². The zero-order valence-corrected chi connectivity index (χ0v) is 16.6. The molecule has 0 spiro atoms. The predicted octanol–water partition coefficient (Wildman–Crippen LogP) is 4.45. The maximum atomic E-state index is 4.88. The van der Waals surface area contributed by atoms with Crippen molar-refractivity contribution in [2.45, 2.75) is 49.8 Å². The summed E-state index contributed by atoms with van der Waals surface area (Å²) >= 11 is 3.79. The Labute approximate surface area is 162 Å². The second-order valence-corrected chi connectivity index (χ2v) is 8.11. The Morgan fingerprint density at radius 3 is 2.12 bits per heavy atom. The third kappa shape index (κ3) is 4.17. The van der Waals surface area contributed by atoms with E-state index in [0.717, 1.165) is 22.7 Å². The van der Waals surface area contributed by atoms with Gasteiger partial charge in [0.15, 0.2) is 4.90 Å². The number of nitrogens with zero attached hydrogens (tertiary/aromatic N) is 3. The van der Waals surface area contributed by atoms with Crippen molar-refractivity contribution < 1.29 is 0 Å². The molecule has 0 atom stereocenters. The first-order valence-corrected chi connectivity index (χ1v) is 10.6. The molecule has 138 valence electrons. The summed E-state index contributed by atoms with van der Waals surface area (Å²) in [6.45, 7) is 4.75. The summed E-state index contributed by atoms with van der Waals surface area (Å²) < 4.78 is 0. The standard InChI is InChI=1S/C22H29N3S/c26-22-17-20(25-15-5-2-6-16-25)11-12-21(22)23-18-7-9-19(10-8-18)24-13-3-1-4-14-24/h7,9-12,17,26H,1-6,8,13-16H2/p+1. The molecule has 1 aromatic rings. The van der Waals surface area contributed by atoms with Gasteiger partial charge >= 0.3 is 0 Å². The van der Waals surface area contributed by atoms with Gasteiger partial charge in [0.25, 0.3) is 0 Å². The molecule has 0 amide bonds. The fraction of sp³-hybridized carbons (Fsp3) is 0.500. The highest BCUT2D eigenvalue weighted by atomic mass is 32.1. The molecule has 1 aliphatic carbocycles. The van der Waals surface area contributed by atoms with Crippen molar-refractivity contribution in [3.8, 4) is 0 Å². The smallest absolute Gasteiger partial charge is 0.178 e. The van der Waals surface area contributed by atoms with E-state index in [9.17, 15) is 0 Å². The second kappa shape index (κ2) is 8.34. The van der Waals surface area contributed by atoms with Gasteiger partial charge in [0.2, 0.25) is 0 Å². The van der Waals surface area contributed by atoms with Crippen LogP contribution < -0.4 is 4.90 Å². The Morgan fingerprint density at radius 1 is 0.808 bits per heavy atom. The molecule has 0 unspecified atom stereocenters. The van der Waals surface area contributed by atoms with Gasteiger partial charge in [-0.15, -0.1) is 0 Å². The van der Waals surface area contributed by atoms with Crippen LogP contribution in [0.3, 0.4) is 0 Å². The van der Waals surface area contributed by atoms with Crippen molar-refractivity contribution in [3.05, 3.63) is 42.1 Å². The molecule has 4 rings (SSSR count). The summed E-state index contributed by atoms with van der Waals surface area (Å²) in [6.07, 6.45) is 15.7. The molecule has 0 saturated carbocycles. The van der Waals surface area contributed by atoms with E-state index in [1.807, 2.05) is 0 Å². The SMILES string of the molecule is [SH2+]c1cc(N2CCCCC2)ccc1N=C1C=CC(N2CCCCC2)=CC1. The average Bonchev–Trinajstić information content (AvgIpc) is 2.71. The highest BCUT2D eigenvalue weighted by Gasteiger charge is 2.16. The second-order valence-electron chi connectivity index (χ2n) is 7.57. The summed E-state index contributed by atoms with van der Waals surface area (Å²) in [7, 11) is 0. The van der Waals surface area contributed by atoms with Crippen LogP contribution in [0.15, 0.2) is 52.0 Å². The highest BCUT2D eigenvalue weighted by molar-refractivity contribution is 7.59. The minimum atomic E-state index is 0.919. The van der Waals surface area contributed by atoms with Crippen LogP contribution in [-0.4, -0.2) is 36.8 Å². The van der Waals surface area contributed by atoms with Gasteiger partial charge in [-0.1, -0.05) is 6.08 Å². The van der Waals surface area contributed by atoms with E-state index in [1.54, 1.807) is 0 Å². The van der Waals surface area contributed by atoms with Crippen LogP contribution in [0.1, 0.15) is 44.9 Å². The zero-order chi connectivity index (χ0) is 17.8. The molecule has 0 aromatic heterocycles. The lowest BCUT2D eigenvalue weighted by Gasteiger charge is -2.30. The lowest BCUT2D eigenvalue weighted by molar-refractivity contribution is 0.292. The van der Waals surface area contributed by atoms with Crippen molar-refractivity contribution in [2.24, 2.45) is 4.99 Å². The van der Waals surface area contributed by atoms with E-state index in [-0.39, 0.29) is 0 Å². The average molecular weight is 369 g/mol. The Hall–Kier alpha value is -1.68. The Balaban J connectivity index is 1.43. The maximum Gasteiger partial charge on any atom is 0.178 e. The molecule has 2 saturated heterocycles. The van der Waals surface area contributed by atoms with Gasteiger partial charge in [0, 0.05) is 55.8 Å². The number of likely N-dealkylation sites (tertiary alicyclic amines) is 1. The molecule has 2 aliphatic heterocycles. The van der Waals surface area contributed by atoms with Crippen LogP contribution in [0.2, 0.25) is 0 Å². The first kappa shape index (κ1) is 17.7. The van der Waals surface area contributed by atoms with Gasteiger partial charge in [-0.05, 0) is 75.4 Å². The lowest BCUT2D eigenvalue weighted by atomic mass is 10.1. The minimum Gasteiger partial charge on any atom is -0.372 e. The van der Waals surface area contributed by atoms with Crippen LogP contribution >= 0.6 is 0 Å². The number of hydrogen-bond donors (Lipinski definition) is 0. The quantitative estimate of drug-likeness (QED) is 0.734. The zero-order valence-electron chi connectivity index (χ0n) is 15.6. The summed E-state index contributed by atoms with van der Waals surface area (Å²) in [4.78, 5) is 11.0. The van der Waals surface area contributed by atoms with E-state index < -0.39 is 0 Å². The van der Waals surface area contributed by atoms with Crippen molar-refractivity contribution in [3.63, 3.8) is 0 Å². The van der Waals surface area contributed by atoms with Crippen LogP contribution in [0.4, 0.5) is 11.4 Å². The van der Waals surface area contributed by atoms with Crippen LogP contribution in [0, 0.1) is 0 Å². The Bertz CT molecular complexity index is 723. The molecule has 2 heterocycles. The van der Waals surface area contributed by atoms with Gasteiger partial charge in [-0.25, -0.2) is 4.99 Å². The number of piperidine rings is 2. The van der Waals surface area contributed by atoms with E-state index in [0.29, 0.717) is 0 Å². The molecule has 4 heteroatoms. The maximum absolute atomic E-state index is 4.88. The minimum absolute atomic E-state index is 0.919. The molecular weight excluding hydrogens is 338 g/mol. The van der Waals surface area contributed by atoms with Crippen molar-refractivity contribution in [1.29, 1.82) is 0 Å². The van der Waals surface area contributed by atoms with E-state index in [2.05, 4.69) is 58.9 Å². The molecule has 1 aromatic carbocycles. The molecule has 0 bridgehead atoms. The third-order valence-corrected chi connectivity index (χ3v) is 6.05. The number of rotatable bonds is 3. The molecule has 2 fully saturated rings. The number of aliphatic imine (C=N–C) groups is 1. The van der Waals surface area contributed by atoms with Crippen molar-refractivity contribution in [1.82, 2.24) is 4.90 Å². The largest absolute Gasteiger partial charge is 0.372 e. The van der Waals surface area contributed by atoms with Gasteiger partial charge in [-0.3, -0.25) is 0 Å². The van der Waals surface area contributed by atoms with E-state index in [1.165, 1.54) is 76.1 Å². The summed E-state index contributed by atoms with van der Waals surface area (Å²) in [5.74, 6) is 0. The number of benzene rings is 1. The lowest BCUT2D eigenvalue weighted by Crippen LogP contribution is -2.29. The molecule has 0 radical (unpaired) electrons. The topological polar surface area (TPSA) is 18.8 Å². The first-order valence-electron chi connectivity index (χ1n) is 10.1. The van der Waals surface area contributed by atoms with Gasteiger partial charge in [0.1, 0.15) is 5.69 Å². The molecule has 26 heavy (non-hydrogen) atoms. The van der Waals surface area contributed by atoms with E-state index in [4.69, 9.17) is 4.99 Å². The number of allylic oxidation sites excluding steroid dienone is 3. The number of anilines is 1. The van der Waals surface area contributed by atoms with Crippen LogP contribution in [0.5, 0.6) is 0 Å². The van der Waals surface area contributed by atoms with Crippen LogP contribution in [0.25, 0.3) is 0 Å². The summed E-state index contributed by atoms with van der Waals surface area (Å²) in [5, 5.41) is 0. The number of hydrogen-bond acceptors (Lipinski definition) is 3. The normalized spacial score (nSPS) is 22.7. The fourth-order valence-corrected chi connectivity index (χ4v) is 4.41. The van der Waals surface area contributed by atoms with Crippen molar-refractivity contribution in [2.75, 3.05) is 31.1 Å². The Kier molecular flexibility index (Phi) is 5.68. The molecule has 0 N–H and O–H groups in total.